The fourth-order valence-corrected chi connectivity index (χ4v) is 2.46. The first-order valence-corrected chi connectivity index (χ1v) is 6.22. The van der Waals surface area contributed by atoms with E-state index in [0.29, 0.717) is 6.92 Å². The van der Waals surface area contributed by atoms with Crippen molar-refractivity contribution in [3.63, 3.8) is 0 Å². The Morgan fingerprint density at radius 2 is 1.82 bits per heavy atom. The average Bonchev–Trinajstić information content (AvgIpc) is 2.35. The van der Waals surface area contributed by atoms with Crippen molar-refractivity contribution >= 4 is 11.7 Å². The molecule has 1 aliphatic heterocycles. The van der Waals surface area contributed by atoms with Crippen LogP contribution in [0.25, 0.3) is 0 Å². The van der Waals surface area contributed by atoms with Gasteiger partial charge in [-0.05, 0) is 32.0 Å². The molecule has 1 heterocycles. The lowest BCUT2D eigenvalue weighted by Gasteiger charge is -2.45. The first kappa shape index (κ1) is 16.3. The smallest absolute Gasteiger partial charge is 0.428 e. The quantitative estimate of drug-likeness (QED) is 0.616. The molecular weight excluding hydrogens is 309 g/mol. The highest BCUT2D eigenvalue weighted by Gasteiger charge is 2.66. The summed E-state index contributed by atoms with van der Waals surface area (Å²) in [5, 5.41) is 0. The number of amidine groups is 1. The zero-order chi connectivity index (χ0) is 16.9. The number of anilines is 1. The number of halogens is 5. The molecule has 4 N–H and O–H groups in total. The van der Waals surface area contributed by atoms with Crippen molar-refractivity contribution in [2.75, 3.05) is 5.73 Å². The van der Waals surface area contributed by atoms with Gasteiger partial charge < -0.3 is 16.2 Å². The SMILES string of the molecule is C[C@]1(F)[C@H](C(F)(F)F)OC(N)=N[C@]1(C)c1cc(N)ccc1F. The first-order chi connectivity index (χ1) is 9.89. The van der Waals surface area contributed by atoms with Crippen molar-refractivity contribution < 1.29 is 26.7 Å². The largest absolute Gasteiger partial charge is 0.449 e. The molecule has 2 rings (SSSR count). The summed E-state index contributed by atoms with van der Waals surface area (Å²) in [6.07, 6.45) is -7.94. The van der Waals surface area contributed by atoms with Gasteiger partial charge in [-0.25, -0.2) is 13.8 Å². The molecule has 0 unspecified atom stereocenters. The third kappa shape index (κ3) is 2.34. The van der Waals surface area contributed by atoms with Crippen LogP contribution in [-0.4, -0.2) is 24.0 Å². The van der Waals surface area contributed by atoms with Gasteiger partial charge in [-0.1, -0.05) is 0 Å². The maximum atomic E-state index is 15.0. The summed E-state index contributed by atoms with van der Waals surface area (Å²) < 4.78 is 72.6. The highest BCUT2D eigenvalue weighted by Crippen LogP contribution is 2.50. The van der Waals surface area contributed by atoms with Gasteiger partial charge in [-0.2, -0.15) is 13.2 Å². The minimum absolute atomic E-state index is 0.0530. The lowest BCUT2D eigenvalue weighted by molar-refractivity contribution is -0.250. The second kappa shape index (κ2) is 4.72. The summed E-state index contributed by atoms with van der Waals surface area (Å²) in [5.74, 6) is -0.944. The van der Waals surface area contributed by atoms with Gasteiger partial charge in [0.05, 0.1) is 0 Å². The Bertz CT molecular complexity index is 629. The highest BCUT2D eigenvalue weighted by atomic mass is 19.4. The van der Waals surface area contributed by atoms with Crippen LogP contribution in [0.4, 0.5) is 27.6 Å². The van der Waals surface area contributed by atoms with E-state index in [1.54, 1.807) is 0 Å². The van der Waals surface area contributed by atoms with Crippen LogP contribution in [-0.2, 0) is 10.3 Å². The lowest BCUT2D eigenvalue weighted by atomic mass is 9.74. The van der Waals surface area contributed by atoms with Gasteiger partial charge in [0.1, 0.15) is 11.4 Å². The second-order valence-corrected chi connectivity index (χ2v) is 5.38. The molecule has 122 valence electrons. The van der Waals surface area contributed by atoms with Crippen LogP contribution in [0, 0.1) is 5.82 Å². The van der Waals surface area contributed by atoms with Crippen LogP contribution in [0.15, 0.2) is 23.2 Å². The topological polar surface area (TPSA) is 73.6 Å². The monoisotopic (exact) mass is 323 g/mol. The summed E-state index contributed by atoms with van der Waals surface area (Å²) in [5.41, 5.74) is 5.02. The van der Waals surface area contributed by atoms with Gasteiger partial charge >= 0.3 is 6.18 Å². The standard InChI is InChI=1S/C13H14F5N3O/c1-11(15)9(13(16,17)18)22-10(20)21-12(11,2)7-5-6(19)3-4-8(7)14/h3-5,9H,19H2,1-2H3,(H2,20,21)/t9-,11+,12-/m1/s1. The average molecular weight is 323 g/mol. The number of alkyl halides is 4. The summed E-state index contributed by atoms with van der Waals surface area (Å²) in [6.45, 7) is 1.66. The van der Waals surface area contributed by atoms with Gasteiger partial charge in [0, 0.05) is 11.3 Å². The van der Waals surface area contributed by atoms with Crippen molar-refractivity contribution in [1.29, 1.82) is 0 Å². The minimum Gasteiger partial charge on any atom is -0.449 e. The summed E-state index contributed by atoms with van der Waals surface area (Å²) in [4.78, 5) is 3.60. The molecule has 0 spiro atoms. The molecule has 9 heteroatoms. The Labute approximate surface area is 122 Å². The minimum atomic E-state index is -5.05. The fourth-order valence-electron chi connectivity index (χ4n) is 2.46. The van der Waals surface area contributed by atoms with Gasteiger partial charge in [0.25, 0.3) is 6.02 Å². The van der Waals surface area contributed by atoms with E-state index in [1.807, 2.05) is 0 Å². The van der Waals surface area contributed by atoms with Crippen molar-refractivity contribution in [1.82, 2.24) is 0 Å². The van der Waals surface area contributed by atoms with Crippen molar-refractivity contribution in [3.05, 3.63) is 29.6 Å². The first-order valence-electron chi connectivity index (χ1n) is 6.22. The Balaban J connectivity index is 2.70. The number of nitrogens with two attached hydrogens (primary N) is 2. The predicted molar refractivity (Wildman–Crippen MR) is 70.2 cm³/mol. The molecular formula is C13H14F5N3O. The number of rotatable bonds is 1. The van der Waals surface area contributed by atoms with E-state index in [-0.39, 0.29) is 5.69 Å². The van der Waals surface area contributed by atoms with Crippen molar-refractivity contribution in [3.8, 4) is 0 Å². The lowest BCUT2D eigenvalue weighted by Crippen LogP contribution is -2.62. The van der Waals surface area contributed by atoms with E-state index >= 15 is 4.39 Å². The molecule has 4 nitrogen and oxygen atoms in total. The van der Waals surface area contributed by atoms with Crippen LogP contribution in [0.3, 0.4) is 0 Å². The summed E-state index contributed by atoms with van der Waals surface area (Å²) in [7, 11) is 0. The van der Waals surface area contributed by atoms with E-state index in [0.717, 1.165) is 19.1 Å². The molecule has 1 aromatic rings. The van der Waals surface area contributed by atoms with Crippen LogP contribution >= 0.6 is 0 Å². The zero-order valence-corrected chi connectivity index (χ0v) is 11.7. The highest BCUT2D eigenvalue weighted by molar-refractivity contribution is 5.74. The third-order valence-electron chi connectivity index (χ3n) is 3.83. The van der Waals surface area contributed by atoms with Crippen molar-refractivity contribution in [2.45, 2.75) is 37.3 Å². The molecule has 0 aromatic heterocycles. The fraction of sp³-hybridized carbons (Fsp3) is 0.462. The number of nitrogen functional groups attached to an aromatic ring is 1. The van der Waals surface area contributed by atoms with Gasteiger partial charge in [0.2, 0.25) is 6.10 Å². The molecule has 0 bridgehead atoms. The predicted octanol–water partition coefficient (Wildman–Crippen LogP) is 2.63. The zero-order valence-electron chi connectivity index (χ0n) is 11.7. The van der Waals surface area contributed by atoms with E-state index in [4.69, 9.17) is 11.5 Å². The summed E-state index contributed by atoms with van der Waals surface area (Å²) >= 11 is 0. The van der Waals surface area contributed by atoms with Crippen LogP contribution in [0.1, 0.15) is 19.4 Å². The van der Waals surface area contributed by atoms with Gasteiger partial charge in [-0.3, -0.25) is 0 Å². The third-order valence-corrected chi connectivity index (χ3v) is 3.83. The Kier molecular flexibility index (Phi) is 3.50. The van der Waals surface area contributed by atoms with E-state index in [2.05, 4.69) is 9.73 Å². The molecule has 0 fully saturated rings. The molecule has 0 aliphatic carbocycles. The maximum Gasteiger partial charge on any atom is 0.428 e. The number of ether oxygens (including phenoxy) is 1. The molecule has 1 aromatic carbocycles. The molecule has 3 atom stereocenters. The molecule has 0 saturated heterocycles. The van der Waals surface area contributed by atoms with Gasteiger partial charge in [-0.15, -0.1) is 0 Å². The number of hydrogen-bond donors (Lipinski definition) is 2. The number of hydrogen-bond acceptors (Lipinski definition) is 4. The number of benzene rings is 1. The second-order valence-electron chi connectivity index (χ2n) is 5.38. The Hall–Kier alpha value is -2.06. The molecule has 0 radical (unpaired) electrons. The van der Waals surface area contributed by atoms with Crippen LogP contribution in [0.2, 0.25) is 0 Å². The molecule has 0 saturated carbocycles. The van der Waals surface area contributed by atoms with E-state index in [1.165, 1.54) is 6.07 Å². The van der Waals surface area contributed by atoms with Gasteiger partial charge in [0.15, 0.2) is 5.67 Å². The molecule has 22 heavy (non-hydrogen) atoms. The van der Waals surface area contributed by atoms with E-state index in [9.17, 15) is 17.6 Å². The molecule has 1 aliphatic rings. The Morgan fingerprint density at radius 1 is 1.23 bits per heavy atom. The van der Waals surface area contributed by atoms with E-state index < -0.39 is 40.9 Å². The van der Waals surface area contributed by atoms with Crippen LogP contribution < -0.4 is 11.5 Å². The Morgan fingerprint density at radius 3 is 2.36 bits per heavy atom. The number of nitrogens with zero attached hydrogens (tertiary/aromatic N) is 1. The maximum absolute atomic E-state index is 15.0. The van der Waals surface area contributed by atoms with Crippen LogP contribution in [0.5, 0.6) is 0 Å². The number of aliphatic imine (C=N–C) groups is 1. The molecule has 0 amide bonds. The van der Waals surface area contributed by atoms with Crippen molar-refractivity contribution in [2.24, 2.45) is 10.7 Å². The summed E-state index contributed by atoms with van der Waals surface area (Å²) in [6, 6.07) is 2.28. The normalized spacial score (nSPS) is 32.3.